The molecular formula is C29H45NO2. The summed E-state index contributed by atoms with van der Waals surface area (Å²) < 4.78 is 0. The molecule has 0 aromatic rings. The SMILES string of the molecule is C[C@H](CC[C@H](O)C1(C#N)CC1)[C@H]1CC[C@H]2[C@@H]3CC=C4C[C@@](C)(O)CC[C@]4(C)[C@H]3CC[C@]12C. The van der Waals surface area contributed by atoms with Crippen molar-refractivity contribution in [2.45, 2.75) is 116 Å². The van der Waals surface area contributed by atoms with Gasteiger partial charge in [0, 0.05) is 0 Å². The summed E-state index contributed by atoms with van der Waals surface area (Å²) in [5, 5.41) is 30.7. The lowest BCUT2D eigenvalue weighted by Crippen LogP contribution is -2.52. The first-order valence-electron chi connectivity index (χ1n) is 13.6. The molecule has 0 aliphatic heterocycles. The van der Waals surface area contributed by atoms with E-state index in [0.29, 0.717) is 16.7 Å². The summed E-state index contributed by atoms with van der Waals surface area (Å²) in [5.74, 6) is 3.80. The zero-order valence-corrected chi connectivity index (χ0v) is 20.9. The molecular weight excluding hydrogens is 394 g/mol. The summed E-state index contributed by atoms with van der Waals surface area (Å²) in [5.41, 5.74) is 1.37. The van der Waals surface area contributed by atoms with Crippen LogP contribution in [0, 0.1) is 57.2 Å². The van der Waals surface area contributed by atoms with Crippen molar-refractivity contribution >= 4 is 0 Å². The van der Waals surface area contributed by atoms with Gasteiger partial charge in [-0.2, -0.15) is 5.26 Å². The number of nitrogens with zero attached hydrogens (tertiary/aromatic N) is 1. The Hall–Kier alpha value is -0.850. The van der Waals surface area contributed by atoms with Gasteiger partial charge in [0.05, 0.1) is 23.2 Å². The Kier molecular flexibility index (Phi) is 5.43. The lowest BCUT2D eigenvalue weighted by atomic mass is 9.46. The number of aliphatic hydroxyl groups is 2. The second-order valence-electron chi connectivity index (χ2n) is 13.5. The summed E-state index contributed by atoms with van der Waals surface area (Å²) in [6.45, 7) is 9.57. The lowest BCUT2D eigenvalue weighted by Gasteiger charge is -2.59. The van der Waals surface area contributed by atoms with E-state index in [1.165, 1.54) is 32.1 Å². The van der Waals surface area contributed by atoms with Gasteiger partial charge in [-0.25, -0.2) is 0 Å². The van der Waals surface area contributed by atoms with Crippen LogP contribution in [-0.4, -0.2) is 21.9 Å². The van der Waals surface area contributed by atoms with Crippen molar-refractivity contribution < 1.29 is 10.2 Å². The van der Waals surface area contributed by atoms with E-state index >= 15 is 0 Å². The van der Waals surface area contributed by atoms with Crippen molar-refractivity contribution in [3.8, 4) is 6.07 Å². The predicted molar refractivity (Wildman–Crippen MR) is 128 cm³/mol. The Morgan fingerprint density at radius 3 is 2.47 bits per heavy atom. The molecule has 0 saturated heterocycles. The molecule has 178 valence electrons. The molecule has 9 atom stereocenters. The van der Waals surface area contributed by atoms with Crippen LogP contribution in [0.15, 0.2) is 11.6 Å². The number of fused-ring (bicyclic) bond motifs is 5. The number of aliphatic hydroxyl groups excluding tert-OH is 1. The predicted octanol–water partition coefficient (Wildman–Crippen LogP) is 6.40. The molecule has 32 heavy (non-hydrogen) atoms. The molecule has 0 unspecified atom stereocenters. The van der Waals surface area contributed by atoms with Crippen LogP contribution >= 0.6 is 0 Å². The summed E-state index contributed by atoms with van der Waals surface area (Å²) in [6, 6.07) is 2.39. The molecule has 4 saturated carbocycles. The number of hydrogen-bond acceptors (Lipinski definition) is 3. The average Bonchev–Trinajstić information content (AvgIpc) is 3.47. The van der Waals surface area contributed by atoms with Crippen molar-refractivity contribution in [2.75, 3.05) is 0 Å². The monoisotopic (exact) mass is 439 g/mol. The van der Waals surface area contributed by atoms with Gasteiger partial charge < -0.3 is 10.2 Å². The summed E-state index contributed by atoms with van der Waals surface area (Å²) in [7, 11) is 0. The molecule has 4 fully saturated rings. The fourth-order valence-electron chi connectivity index (χ4n) is 9.33. The van der Waals surface area contributed by atoms with Crippen LogP contribution in [-0.2, 0) is 0 Å². The van der Waals surface area contributed by atoms with E-state index in [-0.39, 0.29) is 0 Å². The maximum atomic E-state index is 10.7. The summed E-state index contributed by atoms with van der Waals surface area (Å²) in [6.07, 6.45) is 15.3. The standard InChI is InChI=1S/C29H45NO2/c1-19(5-10-25(31)29(18-30)15-16-29)22-8-9-23-21-7-6-20-17-26(2,32)13-14-27(20,3)24(21)11-12-28(22,23)4/h6,19,21-25,31-32H,5,7-17H2,1-4H3/t19-,21+,22-,23+,24+,25+,26+,27+,28-/m1/s1. The highest BCUT2D eigenvalue weighted by molar-refractivity contribution is 5.26. The second-order valence-corrected chi connectivity index (χ2v) is 13.5. The van der Waals surface area contributed by atoms with E-state index in [4.69, 9.17) is 0 Å². The highest BCUT2D eigenvalue weighted by Crippen LogP contribution is 2.67. The van der Waals surface area contributed by atoms with E-state index in [9.17, 15) is 15.5 Å². The van der Waals surface area contributed by atoms with Crippen LogP contribution in [0.4, 0.5) is 0 Å². The maximum absolute atomic E-state index is 10.7. The molecule has 3 nitrogen and oxygen atoms in total. The Labute approximate surface area is 195 Å². The zero-order chi connectivity index (χ0) is 22.9. The van der Waals surface area contributed by atoms with Gasteiger partial charge in [0.1, 0.15) is 0 Å². The molecule has 0 heterocycles. The van der Waals surface area contributed by atoms with E-state index in [2.05, 4.69) is 32.9 Å². The van der Waals surface area contributed by atoms with Crippen LogP contribution in [0.3, 0.4) is 0 Å². The minimum atomic E-state index is -0.510. The normalized spacial score (nSPS) is 48.5. The Morgan fingerprint density at radius 1 is 1.03 bits per heavy atom. The third-order valence-electron chi connectivity index (χ3n) is 11.7. The van der Waals surface area contributed by atoms with E-state index in [1.54, 1.807) is 5.57 Å². The van der Waals surface area contributed by atoms with Gasteiger partial charge in [0.25, 0.3) is 0 Å². The average molecular weight is 440 g/mol. The van der Waals surface area contributed by atoms with Gasteiger partial charge in [0.2, 0.25) is 0 Å². The molecule has 0 aromatic heterocycles. The van der Waals surface area contributed by atoms with Gasteiger partial charge >= 0.3 is 0 Å². The first-order valence-corrected chi connectivity index (χ1v) is 13.6. The third-order valence-corrected chi connectivity index (χ3v) is 11.7. The number of hydrogen-bond donors (Lipinski definition) is 2. The smallest absolute Gasteiger partial charge is 0.0833 e. The first-order chi connectivity index (χ1) is 15.0. The molecule has 3 heteroatoms. The second kappa shape index (κ2) is 7.58. The Bertz CT molecular complexity index is 820. The van der Waals surface area contributed by atoms with Crippen molar-refractivity contribution in [3.63, 3.8) is 0 Å². The Balaban J connectivity index is 1.29. The first kappa shape index (κ1) is 22.9. The number of nitriles is 1. The molecule has 5 aliphatic rings. The largest absolute Gasteiger partial charge is 0.391 e. The minimum absolute atomic E-state index is 0.302. The minimum Gasteiger partial charge on any atom is -0.391 e. The van der Waals surface area contributed by atoms with Crippen LogP contribution in [0.1, 0.15) is 105 Å². The zero-order valence-electron chi connectivity index (χ0n) is 20.9. The van der Waals surface area contributed by atoms with Crippen LogP contribution in [0.5, 0.6) is 0 Å². The van der Waals surface area contributed by atoms with Gasteiger partial charge in [-0.05, 0) is 124 Å². The summed E-state index contributed by atoms with van der Waals surface area (Å²) >= 11 is 0. The van der Waals surface area contributed by atoms with Crippen LogP contribution in [0.25, 0.3) is 0 Å². The molecule has 0 radical (unpaired) electrons. The van der Waals surface area contributed by atoms with Crippen LogP contribution < -0.4 is 0 Å². The maximum Gasteiger partial charge on any atom is 0.0833 e. The molecule has 0 bridgehead atoms. The topological polar surface area (TPSA) is 64.2 Å². The quantitative estimate of drug-likeness (QED) is 0.487. The third kappa shape index (κ3) is 3.42. The molecule has 5 rings (SSSR count). The molecule has 0 spiro atoms. The highest BCUT2D eigenvalue weighted by Gasteiger charge is 2.59. The van der Waals surface area contributed by atoms with Crippen molar-refractivity contribution in [1.82, 2.24) is 0 Å². The van der Waals surface area contributed by atoms with Gasteiger partial charge in [0.15, 0.2) is 0 Å². The molecule has 0 amide bonds. The molecule has 5 aliphatic carbocycles. The molecule has 2 N–H and O–H groups in total. The summed E-state index contributed by atoms with van der Waals surface area (Å²) in [4.78, 5) is 0. The lowest BCUT2D eigenvalue weighted by molar-refractivity contribution is -0.0710. The van der Waals surface area contributed by atoms with Gasteiger partial charge in [-0.15, -0.1) is 0 Å². The van der Waals surface area contributed by atoms with Gasteiger partial charge in [-0.1, -0.05) is 32.4 Å². The number of allylic oxidation sites excluding steroid dienone is 1. The van der Waals surface area contributed by atoms with Crippen molar-refractivity contribution in [2.24, 2.45) is 45.8 Å². The van der Waals surface area contributed by atoms with E-state index < -0.39 is 17.1 Å². The fourth-order valence-corrected chi connectivity index (χ4v) is 9.33. The fraction of sp³-hybridized carbons (Fsp3) is 0.897. The van der Waals surface area contributed by atoms with E-state index in [1.807, 2.05) is 6.92 Å². The van der Waals surface area contributed by atoms with Crippen molar-refractivity contribution in [3.05, 3.63) is 11.6 Å². The number of rotatable bonds is 5. The van der Waals surface area contributed by atoms with Crippen molar-refractivity contribution in [1.29, 1.82) is 5.26 Å². The highest BCUT2D eigenvalue weighted by atomic mass is 16.3. The van der Waals surface area contributed by atoms with E-state index in [0.717, 1.165) is 68.6 Å². The molecule has 0 aromatic carbocycles. The van der Waals surface area contributed by atoms with Gasteiger partial charge in [-0.3, -0.25) is 0 Å². The Morgan fingerprint density at radius 2 is 1.78 bits per heavy atom. The van der Waals surface area contributed by atoms with Crippen LogP contribution in [0.2, 0.25) is 0 Å².